The number of H-pyrrole nitrogens is 1. The molecule has 2 rings (SSSR count). The van der Waals surface area contributed by atoms with Crippen LogP contribution in [0.25, 0.3) is 0 Å². The van der Waals surface area contributed by atoms with Gasteiger partial charge in [0.05, 0.1) is 0 Å². The lowest BCUT2D eigenvalue weighted by Gasteiger charge is -2.32. The normalized spacial score (nSPS) is 15.6. The molecule has 0 aliphatic heterocycles. The Morgan fingerprint density at radius 2 is 2.10 bits per heavy atom. The molecule has 1 aliphatic carbocycles. The summed E-state index contributed by atoms with van der Waals surface area (Å²) in [4.78, 5) is 23.5. The van der Waals surface area contributed by atoms with Gasteiger partial charge in [0.2, 0.25) is 0 Å². The largest absolute Gasteiger partial charge is 0.477 e. The van der Waals surface area contributed by atoms with E-state index in [9.17, 15) is 22.8 Å². The maximum absolute atomic E-state index is 12.6. The van der Waals surface area contributed by atoms with Crippen molar-refractivity contribution in [3.63, 3.8) is 0 Å². The summed E-state index contributed by atoms with van der Waals surface area (Å²) >= 11 is 0. The first-order valence-electron chi connectivity index (χ1n) is 6.41. The predicted octanol–water partition coefficient (Wildman–Crippen LogP) is 1.91. The Morgan fingerprint density at radius 3 is 2.52 bits per heavy atom. The number of aromatic nitrogens is 2. The number of alkyl halides is 3. The van der Waals surface area contributed by atoms with Crippen LogP contribution in [0.4, 0.5) is 13.2 Å². The van der Waals surface area contributed by atoms with E-state index in [0.717, 1.165) is 25.3 Å². The lowest BCUT2D eigenvalue weighted by Crippen LogP contribution is -2.43. The van der Waals surface area contributed by atoms with Crippen molar-refractivity contribution < 1.29 is 27.9 Å². The molecule has 0 bridgehead atoms. The topological polar surface area (TPSA) is 86.3 Å². The highest BCUT2D eigenvalue weighted by molar-refractivity contribution is 5.95. The lowest BCUT2D eigenvalue weighted by atomic mass is 9.85. The van der Waals surface area contributed by atoms with Gasteiger partial charge in [-0.05, 0) is 18.8 Å². The van der Waals surface area contributed by atoms with Crippen molar-refractivity contribution in [2.75, 3.05) is 13.1 Å². The number of rotatable bonds is 5. The second kappa shape index (κ2) is 5.74. The molecule has 6 nitrogen and oxygen atoms in total. The number of nitrogens with zero attached hydrogens (tertiary/aromatic N) is 2. The molecule has 116 valence electrons. The van der Waals surface area contributed by atoms with Gasteiger partial charge in [-0.15, -0.1) is 0 Å². The van der Waals surface area contributed by atoms with Crippen molar-refractivity contribution in [2.45, 2.75) is 25.4 Å². The van der Waals surface area contributed by atoms with Gasteiger partial charge in [-0.25, -0.2) is 4.79 Å². The molecule has 9 heteroatoms. The van der Waals surface area contributed by atoms with Gasteiger partial charge in [-0.3, -0.25) is 9.89 Å². The summed E-state index contributed by atoms with van der Waals surface area (Å²) in [6, 6.07) is 0.939. The van der Waals surface area contributed by atoms with Crippen LogP contribution in [0, 0.1) is 5.92 Å². The van der Waals surface area contributed by atoms with Crippen LogP contribution in [-0.2, 0) is 0 Å². The van der Waals surface area contributed by atoms with Crippen molar-refractivity contribution in [1.29, 1.82) is 0 Å². The molecule has 0 radical (unpaired) electrons. The summed E-state index contributed by atoms with van der Waals surface area (Å²) in [7, 11) is 0. The summed E-state index contributed by atoms with van der Waals surface area (Å²) in [5, 5.41) is 14.3. The number of aromatic amines is 1. The number of carboxylic acid groups (broad SMARTS) is 1. The highest BCUT2D eigenvalue weighted by Gasteiger charge is 2.36. The Hall–Kier alpha value is -2.06. The number of aromatic carboxylic acids is 1. The molecule has 1 aliphatic rings. The SMILES string of the molecule is O=C(O)c1cc(C(=O)N(CC2CCC2)CC(F)(F)F)n[nH]1. The van der Waals surface area contributed by atoms with E-state index >= 15 is 0 Å². The average molecular weight is 305 g/mol. The van der Waals surface area contributed by atoms with Crippen LogP contribution in [0.3, 0.4) is 0 Å². The standard InChI is InChI=1S/C12H14F3N3O3/c13-12(14,15)6-18(5-7-2-1-3-7)10(19)8-4-9(11(20)21)17-16-8/h4,7H,1-3,5-6H2,(H,16,17)(H,20,21). The monoisotopic (exact) mass is 305 g/mol. The molecule has 2 N–H and O–H groups in total. The van der Waals surface area contributed by atoms with E-state index in [1.54, 1.807) is 0 Å². The Morgan fingerprint density at radius 1 is 1.43 bits per heavy atom. The van der Waals surface area contributed by atoms with Crippen molar-refractivity contribution >= 4 is 11.9 Å². The molecule has 0 atom stereocenters. The van der Waals surface area contributed by atoms with Crippen LogP contribution in [0.1, 0.15) is 40.2 Å². The zero-order chi connectivity index (χ0) is 15.6. The van der Waals surface area contributed by atoms with Gasteiger partial charge in [0.1, 0.15) is 12.2 Å². The third-order valence-electron chi connectivity index (χ3n) is 3.39. The molecule has 0 saturated heterocycles. The number of nitrogens with one attached hydrogen (secondary N) is 1. The maximum atomic E-state index is 12.6. The van der Waals surface area contributed by atoms with Crippen LogP contribution >= 0.6 is 0 Å². The molecule has 1 amide bonds. The first kappa shape index (κ1) is 15.3. The lowest BCUT2D eigenvalue weighted by molar-refractivity contribution is -0.142. The first-order chi connectivity index (χ1) is 9.76. The molecular formula is C12H14F3N3O3. The van der Waals surface area contributed by atoms with E-state index in [4.69, 9.17) is 5.11 Å². The van der Waals surface area contributed by atoms with Crippen molar-refractivity contribution in [1.82, 2.24) is 15.1 Å². The van der Waals surface area contributed by atoms with E-state index in [-0.39, 0.29) is 23.9 Å². The third-order valence-corrected chi connectivity index (χ3v) is 3.39. The minimum atomic E-state index is -4.51. The first-order valence-corrected chi connectivity index (χ1v) is 6.41. The second-order valence-corrected chi connectivity index (χ2v) is 5.07. The second-order valence-electron chi connectivity index (χ2n) is 5.07. The number of hydrogen-bond donors (Lipinski definition) is 2. The van der Waals surface area contributed by atoms with Crippen LogP contribution in [0.5, 0.6) is 0 Å². The maximum Gasteiger partial charge on any atom is 0.406 e. The van der Waals surface area contributed by atoms with Gasteiger partial charge in [0.25, 0.3) is 5.91 Å². The Bertz CT molecular complexity index is 537. The van der Waals surface area contributed by atoms with Gasteiger partial charge in [0, 0.05) is 12.6 Å². The zero-order valence-corrected chi connectivity index (χ0v) is 11.0. The van der Waals surface area contributed by atoms with Crippen LogP contribution in [0.2, 0.25) is 0 Å². The molecule has 1 fully saturated rings. The summed E-state index contributed by atoms with van der Waals surface area (Å²) in [6.07, 6.45) is -1.97. The average Bonchev–Trinajstić information content (AvgIpc) is 2.79. The quantitative estimate of drug-likeness (QED) is 0.870. The molecule has 1 aromatic heterocycles. The molecule has 1 saturated carbocycles. The van der Waals surface area contributed by atoms with Gasteiger partial charge in [-0.1, -0.05) is 6.42 Å². The smallest absolute Gasteiger partial charge is 0.406 e. The predicted molar refractivity (Wildman–Crippen MR) is 64.8 cm³/mol. The molecular weight excluding hydrogens is 291 g/mol. The molecule has 0 spiro atoms. The number of hydrogen-bond acceptors (Lipinski definition) is 3. The molecule has 0 unspecified atom stereocenters. The molecule has 1 aromatic rings. The van der Waals surface area contributed by atoms with Crippen LogP contribution in [0.15, 0.2) is 6.07 Å². The molecule has 1 heterocycles. The minimum Gasteiger partial charge on any atom is -0.477 e. The van der Waals surface area contributed by atoms with Gasteiger partial charge in [-0.2, -0.15) is 18.3 Å². The Labute approximate surface area is 117 Å². The summed E-state index contributed by atoms with van der Waals surface area (Å²) in [6.45, 7) is -1.36. The van der Waals surface area contributed by atoms with Crippen LogP contribution < -0.4 is 0 Å². The van der Waals surface area contributed by atoms with E-state index in [0.29, 0.717) is 4.90 Å². The number of carboxylic acids is 1. The summed E-state index contributed by atoms with van der Waals surface area (Å²) in [5.74, 6) is -2.18. The number of amides is 1. The van der Waals surface area contributed by atoms with Crippen molar-refractivity contribution in [3.05, 3.63) is 17.5 Å². The summed E-state index contributed by atoms with van der Waals surface area (Å²) < 4.78 is 37.7. The van der Waals surface area contributed by atoms with Crippen LogP contribution in [-0.4, -0.2) is 51.3 Å². The van der Waals surface area contributed by atoms with E-state index < -0.39 is 24.6 Å². The number of halogens is 3. The fourth-order valence-corrected chi connectivity index (χ4v) is 2.13. The number of carbonyl (C=O) groups is 2. The minimum absolute atomic E-state index is 0.00755. The highest BCUT2D eigenvalue weighted by atomic mass is 19.4. The van der Waals surface area contributed by atoms with Gasteiger partial charge in [0.15, 0.2) is 5.69 Å². The fraction of sp³-hybridized carbons (Fsp3) is 0.583. The van der Waals surface area contributed by atoms with Gasteiger partial charge >= 0.3 is 12.1 Å². The Kier molecular flexibility index (Phi) is 4.19. The third kappa shape index (κ3) is 3.96. The van der Waals surface area contributed by atoms with E-state index in [2.05, 4.69) is 10.2 Å². The molecule has 21 heavy (non-hydrogen) atoms. The van der Waals surface area contributed by atoms with Gasteiger partial charge < -0.3 is 10.0 Å². The van der Waals surface area contributed by atoms with E-state index in [1.165, 1.54) is 0 Å². The van der Waals surface area contributed by atoms with E-state index in [1.807, 2.05) is 0 Å². The Balaban J connectivity index is 2.13. The summed E-state index contributed by atoms with van der Waals surface area (Å²) in [5.41, 5.74) is -0.662. The zero-order valence-electron chi connectivity index (χ0n) is 11.0. The number of carbonyl (C=O) groups excluding carboxylic acids is 1. The van der Waals surface area contributed by atoms with Crippen molar-refractivity contribution in [3.8, 4) is 0 Å². The molecule has 0 aromatic carbocycles. The van der Waals surface area contributed by atoms with Crippen molar-refractivity contribution in [2.24, 2.45) is 5.92 Å². The fourth-order valence-electron chi connectivity index (χ4n) is 2.13. The highest BCUT2D eigenvalue weighted by Crippen LogP contribution is 2.29.